The molecule has 2 amide bonds. The number of hydroxylamine groups is 1. The lowest BCUT2D eigenvalue weighted by atomic mass is 9.90. The number of fused-ring (bicyclic) bond motifs is 1. The number of benzene rings is 3. The predicted octanol–water partition coefficient (Wildman–Crippen LogP) is 4.01. The average Bonchev–Trinajstić information content (AvgIpc) is 3.31. The molecular formula is C25H22N2O4. The Morgan fingerprint density at radius 2 is 1.52 bits per heavy atom. The molecule has 0 bridgehead atoms. The van der Waals surface area contributed by atoms with Crippen LogP contribution in [0.15, 0.2) is 78.9 Å². The molecule has 0 aliphatic carbocycles. The molecule has 5 rings (SSSR count). The third kappa shape index (κ3) is 3.07. The zero-order valence-electron chi connectivity index (χ0n) is 17.0. The topological polar surface area (TPSA) is 70.1 Å². The van der Waals surface area contributed by atoms with Gasteiger partial charge in [0.2, 0.25) is 5.91 Å². The molecule has 2 heterocycles. The standard InChI is InChI=1S/C25H22N2O4/c1-2-16-12-14-17(15-13-16)26-24(29)21-22(19-10-6-7-11-20(19)28)27(31-23(21)25(26)30)18-8-4-3-5-9-18/h3-15,21-23,28H,2H2,1H3/t21-,22+,23-/m0/s1. The lowest BCUT2D eigenvalue weighted by molar-refractivity contribution is -0.126. The van der Waals surface area contributed by atoms with E-state index in [4.69, 9.17) is 4.84 Å². The number of anilines is 2. The van der Waals surface area contributed by atoms with E-state index in [0.29, 0.717) is 16.9 Å². The van der Waals surface area contributed by atoms with E-state index in [-0.39, 0.29) is 11.7 Å². The van der Waals surface area contributed by atoms with Crippen LogP contribution in [-0.4, -0.2) is 23.0 Å². The number of hydrogen-bond acceptors (Lipinski definition) is 5. The number of imide groups is 1. The molecule has 1 N–H and O–H groups in total. The minimum Gasteiger partial charge on any atom is -0.508 e. The zero-order chi connectivity index (χ0) is 21.5. The Hall–Kier alpha value is -3.64. The third-order valence-corrected chi connectivity index (χ3v) is 5.98. The van der Waals surface area contributed by atoms with Gasteiger partial charge >= 0.3 is 0 Å². The number of aromatic hydroxyl groups is 1. The second kappa shape index (κ2) is 7.56. The third-order valence-electron chi connectivity index (χ3n) is 5.98. The van der Waals surface area contributed by atoms with Gasteiger partial charge in [0, 0.05) is 5.56 Å². The molecule has 2 aliphatic heterocycles. The van der Waals surface area contributed by atoms with Crippen molar-refractivity contribution >= 4 is 23.2 Å². The van der Waals surface area contributed by atoms with E-state index in [1.54, 1.807) is 41.5 Å². The van der Waals surface area contributed by atoms with Gasteiger partial charge in [0.1, 0.15) is 11.7 Å². The largest absolute Gasteiger partial charge is 0.508 e. The van der Waals surface area contributed by atoms with Crippen LogP contribution >= 0.6 is 0 Å². The molecule has 3 aromatic carbocycles. The van der Waals surface area contributed by atoms with Gasteiger partial charge in [-0.3, -0.25) is 14.4 Å². The molecular weight excluding hydrogens is 392 g/mol. The molecule has 2 fully saturated rings. The Labute approximate surface area is 180 Å². The summed E-state index contributed by atoms with van der Waals surface area (Å²) >= 11 is 0. The van der Waals surface area contributed by atoms with Gasteiger partial charge in [0.25, 0.3) is 5.91 Å². The molecule has 2 aliphatic rings. The summed E-state index contributed by atoms with van der Waals surface area (Å²) < 4.78 is 0. The van der Waals surface area contributed by atoms with Crippen LogP contribution in [0.1, 0.15) is 24.1 Å². The molecule has 0 aromatic heterocycles. The maximum Gasteiger partial charge on any atom is 0.266 e. The summed E-state index contributed by atoms with van der Waals surface area (Å²) in [5, 5.41) is 12.1. The van der Waals surface area contributed by atoms with Crippen molar-refractivity contribution in [3.63, 3.8) is 0 Å². The molecule has 0 unspecified atom stereocenters. The summed E-state index contributed by atoms with van der Waals surface area (Å²) in [5.74, 6) is -1.43. The second-order valence-corrected chi connectivity index (χ2v) is 7.75. The molecule has 0 radical (unpaired) electrons. The van der Waals surface area contributed by atoms with Crippen LogP contribution in [0.4, 0.5) is 11.4 Å². The monoisotopic (exact) mass is 414 g/mol. The van der Waals surface area contributed by atoms with E-state index >= 15 is 0 Å². The smallest absolute Gasteiger partial charge is 0.266 e. The molecule has 2 saturated heterocycles. The molecule has 0 saturated carbocycles. The van der Waals surface area contributed by atoms with E-state index in [1.165, 1.54) is 4.90 Å². The molecule has 156 valence electrons. The molecule has 3 atom stereocenters. The number of carbonyl (C=O) groups excluding carboxylic acids is 2. The van der Waals surface area contributed by atoms with Crippen molar-refractivity contribution in [2.45, 2.75) is 25.5 Å². The quantitative estimate of drug-likeness (QED) is 0.654. The number of amides is 2. The van der Waals surface area contributed by atoms with Gasteiger partial charge in [-0.15, -0.1) is 0 Å². The lowest BCUT2D eigenvalue weighted by Crippen LogP contribution is -2.37. The van der Waals surface area contributed by atoms with Crippen LogP contribution < -0.4 is 9.96 Å². The first-order chi connectivity index (χ1) is 15.1. The van der Waals surface area contributed by atoms with Crippen LogP contribution in [0.2, 0.25) is 0 Å². The SMILES string of the molecule is CCc1ccc(N2C(=O)[C@@H]3[C@H](ON(c4ccccc4)[C@@H]3c3ccccc3O)C2=O)cc1. The molecule has 3 aromatic rings. The number of aryl methyl sites for hydroxylation is 1. The van der Waals surface area contributed by atoms with Gasteiger partial charge in [-0.05, 0) is 42.3 Å². The summed E-state index contributed by atoms with van der Waals surface area (Å²) in [5.41, 5.74) is 2.92. The minimum absolute atomic E-state index is 0.0590. The number of hydrogen-bond donors (Lipinski definition) is 1. The first-order valence-corrected chi connectivity index (χ1v) is 10.4. The summed E-state index contributed by atoms with van der Waals surface area (Å²) in [7, 11) is 0. The van der Waals surface area contributed by atoms with Crippen molar-refractivity contribution in [3.05, 3.63) is 90.0 Å². The Morgan fingerprint density at radius 3 is 2.19 bits per heavy atom. The van der Waals surface area contributed by atoms with Gasteiger partial charge in [-0.2, -0.15) is 0 Å². The van der Waals surface area contributed by atoms with Crippen molar-refractivity contribution in [1.29, 1.82) is 0 Å². The summed E-state index contributed by atoms with van der Waals surface area (Å²) in [6.07, 6.45) is -0.0825. The number of phenols is 1. The van der Waals surface area contributed by atoms with Crippen molar-refractivity contribution < 1.29 is 19.5 Å². The fraction of sp³-hybridized carbons (Fsp3) is 0.200. The van der Waals surface area contributed by atoms with Crippen molar-refractivity contribution in [3.8, 4) is 5.75 Å². The number of nitrogens with zero attached hydrogens (tertiary/aromatic N) is 2. The highest BCUT2D eigenvalue weighted by Gasteiger charge is 2.60. The van der Waals surface area contributed by atoms with Crippen LogP contribution in [0.5, 0.6) is 5.75 Å². The number of carbonyl (C=O) groups is 2. The van der Waals surface area contributed by atoms with Gasteiger partial charge in [-0.1, -0.05) is 55.5 Å². The lowest BCUT2D eigenvalue weighted by Gasteiger charge is -2.29. The van der Waals surface area contributed by atoms with Crippen LogP contribution in [0, 0.1) is 5.92 Å². The zero-order valence-corrected chi connectivity index (χ0v) is 17.0. The summed E-state index contributed by atoms with van der Waals surface area (Å²) in [4.78, 5) is 34.1. The van der Waals surface area contributed by atoms with E-state index in [2.05, 4.69) is 6.92 Å². The van der Waals surface area contributed by atoms with Gasteiger partial charge in [0.15, 0.2) is 6.10 Å². The highest BCUT2D eigenvalue weighted by Crippen LogP contribution is 2.49. The Morgan fingerprint density at radius 1 is 0.839 bits per heavy atom. The highest BCUT2D eigenvalue weighted by molar-refractivity contribution is 6.23. The minimum atomic E-state index is -0.955. The first kappa shape index (κ1) is 19.3. The van der Waals surface area contributed by atoms with Gasteiger partial charge in [0.05, 0.1) is 17.4 Å². The normalized spacial score (nSPS) is 22.8. The molecule has 31 heavy (non-hydrogen) atoms. The summed E-state index contributed by atoms with van der Waals surface area (Å²) in [6.45, 7) is 2.05. The van der Waals surface area contributed by atoms with Crippen molar-refractivity contribution in [1.82, 2.24) is 0 Å². The molecule has 6 nitrogen and oxygen atoms in total. The second-order valence-electron chi connectivity index (χ2n) is 7.75. The molecule has 6 heteroatoms. The number of phenolic OH excluding ortho intramolecular Hbond substituents is 1. The Balaban J connectivity index is 1.58. The maximum atomic E-state index is 13.5. The van der Waals surface area contributed by atoms with E-state index in [9.17, 15) is 14.7 Å². The maximum absolute atomic E-state index is 13.5. The molecule has 0 spiro atoms. The van der Waals surface area contributed by atoms with Crippen molar-refractivity contribution in [2.24, 2.45) is 5.92 Å². The number of para-hydroxylation sites is 2. The fourth-order valence-electron chi connectivity index (χ4n) is 4.40. The van der Waals surface area contributed by atoms with Gasteiger partial charge in [-0.25, -0.2) is 9.96 Å². The van der Waals surface area contributed by atoms with E-state index in [0.717, 1.165) is 12.0 Å². The Bertz CT molecular complexity index is 1130. The van der Waals surface area contributed by atoms with E-state index in [1.807, 2.05) is 42.5 Å². The predicted molar refractivity (Wildman–Crippen MR) is 116 cm³/mol. The van der Waals surface area contributed by atoms with Crippen LogP contribution in [0.25, 0.3) is 0 Å². The highest BCUT2D eigenvalue weighted by atomic mass is 16.7. The summed E-state index contributed by atoms with van der Waals surface area (Å²) in [6, 6.07) is 23.0. The number of rotatable bonds is 4. The van der Waals surface area contributed by atoms with Gasteiger partial charge < -0.3 is 5.11 Å². The Kier molecular flexibility index (Phi) is 4.71. The van der Waals surface area contributed by atoms with E-state index < -0.39 is 24.0 Å². The fourth-order valence-corrected chi connectivity index (χ4v) is 4.40. The van der Waals surface area contributed by atoms with Crippen LogP contribution in [-0.2, 0) is 20.8 Å². The van der Waals surface area contributed by atoms with Crippen molar-refractivity contribution in [2.75, 3.05) is 9.96 Å². The average molecular weight is 414 g/mol. The first-order valence-electron chi connectivity index (χ1n) is 10.4. The van der Waals surface area contributed by atoms with Crippen LogP contribution in [0.3, 0.4) is 0 Å².